The van der Waals surface area contributed by atoms with E-state index in [1.807, 2.05) is 48.5 Å². The van der Waals surface area contributed by atoms with Gasteiger partial charge in [-0.3, -0.25) is 9.79 Å². The van der Waals surface area contributed by atoms with E-state index in [4.69, 9.17) is 0 Å². The van der Waals surface area contributed by atoms with Crippen LogP contribution in [0.1, 0.15) is 15.9 Å². The van der Waals surface area contributed by atoms with Crippen molar-refractivity contribution in [3.05, 3.63) is 59.7 Å². The third kappa shape index (κ3) is 5.06. The van der Waals surface area contributed by atoms with Gasteiger partial charge < -0.3 is 25.8 Å². The summed E-state index contributed by atoms with van der Waals surface area (Å²) < 4.78 is 0. The molecular formula is C22H28N6O. The Morgan fingerprint density at radius 1 is 1.03 bits per heavy atom. The third-order valence-electron chi connectivity index (χ3n) is 5.34. The summed E-state index contributed by atoms with van der Waals surface area (Å²) in [6, 6.07) is 15.9. The molecule has 152 valence electrons. The molecule has 29 heavy (non-hydrogen) atoms. The van der Waals surface area contributed by atoms with Crippen LogP contribution >= 0.6 is 0 Å². The van der Waals surface area contributed by atoms with E-state index in [0.717, 1.165) is 56.5 Å². The van der Waals surface area contributed by atoms with Crippen molar-refractivity contribution in [2.24, 2.45) is 4.99 Å². The fourth-order valence-electron chi connectivity index (χ4n) is 3.50. The van der Waals surface area contributed by atoms with E-state index < -0.39 is 0 Å². The summed E-state index contributed by atoms with van der Waals surface area (Å²) in [6.07, 6.45) is 0. The summed E-state index contributed by atoms with van der Waals surface area (Å²) in [7, 11) is 2.15. The van der Waals surface area contributed by atoms with Crippen LogP contribution in [0.2, 0.25) is 0 Å². The van der Waals surface area contributed by atoms with Gasteiger partial charge in [-0.1, -0.05) is 12.1 Å². The number of nitrogens with zero attached hydrogens (tertiary/aromatic N) is 3. The Balaban J connectivity index is 1.28. The van der Waals surface area contributed by atoms with E-state index in [9.17, 15) is 4.79 Å². The second kappa shape index (κ2) is 8.96. The maximum absolute atomic E-state index is 12.5. The second-order valence-electron chi connectivity index (χ2n) is 7.50. The molecule has 0 radical (unpaired) electrons. The minimum atomic E-state index is -0.0540. The lowest BCUT2D eigenvalue weighted by Crippen LogP contribution is -2.44. The van der Waals surface area contributed by atoms with Gasteiger partial charge in [-0.2, -0.15) is 0 Å². The number of rotatable bonds is 5. The molecule has 0 atom stereocenters. The molecule has 2 aromatic carbocycles. The standard InChI is InChI=1S/C22H28N6O/c1-27-12-14-28(15-13-27)20-8-4-18(5-9-20)21(29)25-16-17-2-6-19(7-3-17)26-22-23-10-11-24-22/h2-9H,10-16H2,1H3,(H,25,29)(H2,23,24,26). The number of carbonyl (C=O) groups is 1. The highest BCUT2D eigenvalue weighted by molar-refractivity contribution is 5.95. The van der Waals surface area contributed by atoms with Crippen molar-refractivity contribution in [1.82, 2.24) is 15.5 Å². The van der Waals surface area contributed by atoms with Crippen molar-refractivity contribution in [3.8, 4) is 0 Å². The highest BCUT2D eigenvalue weighted by atomic mass is 16.1. The highest BCUT2D eigenvalue weighted by Gasteiger charge is 2.14. The van der Waals surface area contributed by atoms with E-state index in [0.29, 0.717) is 12.1 Å². The zero-order valence-electron chi connectivity index (χ0n) is 16.8. The van der Waals surface area contributed by atoms with Crippen LogP contribution in [-0.2, 0) is 6.54 Å². The first-order valence-corrected chi connectivity index (χ1v) is 10.1. The number of hydrogen-bond donors (Lipinski definition) is 3. The quantitative estimate of drug-likeness (QED) is 0.723. The number of carbonyl (C=O) groups excluding carboxylic acids is 1. The Morgan fingerprint density at radius 3 is 2.41 bits per heavy atom. The number of benzene rings is 2. The van der Waals surface area contributed by atoms with Crippen molar-refractivity contribution in [2.45, 2.75) is 6.54 Å². The Hall–Kier alpha value is -3.06. The molecule has 0 unspecified atom stereocenters. The molecule has 0 aromatic heterocycles. The molecule has 2 heterocycles. The predicted octanol–water partition coefficient (Wildman–Crippen LogP) is 1.74. The van der Waals surface area contributed by atoms with Crippen LogP contribution in [0.25, 0.3) is 0 Å². The van der Waals surface area contributed by atoms with Gasteiger partial charge in [0.15, 0.2) is 5.96 Å². The van der Waals surface area contributed by atoms with Crippen molar-refractivity contribution >= 4 is 23.2 Å². The Kier molecular flexibility index (Phi) is 5.95. The molecule has 7 heteroatoms. The maximum atomic E-state index is 12.5. The van der Waals surface area contributed by atoms with Gasteiger partial charge in [0, 0.05) is 56.2 Å². The number of piperazine rings is 1. The number of aliphatic imine (C=N–C) groups is 1. The van der Waals surface area contributed by atoms with Crippen LogP contribution in [0.5, 0.6) is 0 Å². The lowest BCUT2D eigenvalue weighted by atomic mass is 10.1. The first-order valence-electron chi connectivity index (χ1n) is 10.1. The fourth-order valence-corrected chi connectivity index (χ4v) is 3.50. The fraction of sp³-hybridized carbons (Fsp3) is 0.364. The van der Waals surface area contributed by atoms with Crippen molar-refractivity contribution < 1.29 is 4.79 Å². The van der Waals surface area contributed by atoms with E-state index in [2.05, 4.69) is 37.8 Å². The van der Waals surface area contributed by atoms with Crippen LogP contribution in [0.15, 0.2) is 53.5 Å². The molecule has 2 aliphatic rings. The first kappa shape index (κ1) is 19.3. The Labute approximate surface area is 171 Å². The molecular weight excluding hydrogens is 364 g/mol. The zero-order valence-corrected chi connectivity index (χ0v) is 16.8. The van der Waals surface area contributed by atoms with Crippen LogP contribution in [0.4, 0.5) is 11.4 Å². The smallest absolute Gasteiger partial charge is 0.251 e. The number of nitrogens with one attached hydrogen (secondary N) is 3. The number of amides is 1. The topological polar surface area (TPSA) is 72.0 Å². The average molecular weight is 393 g/mol. The molecule has 4 rings (SSSR count). The summed E-state index contributed by atoms with van der Waals surface area (Å²) in [4.78, 5) is 21.5. The van der Waals surface area contributed by atoms with Crippen molar-refractivity contribution in [3.63, 3.8) is 0 Å². The summed E-state index contributed by atoms with van der Waals surface area (Å²) in [6.45, 7) is 6.37. The molecule has 0 aliphatic carbocycles. The molecule has 1 fully saturated rings. The summed E-state index contributed by atoms with van der Waals surface area (Å²) in [5, 5.41) is 9.42. The van der Waals surface area contributed by atoms with Crippen LogP contribution < -0.4 is 20.9 Å². The molecule has 0 spiro atoms. The minimum Gasteiger partial charge on any atom is -0.369 e. The molecule has 7 nitrogen and oxygen atoms in total. The van der Waals surface area contributed by atoms with Gasteiger partial charge in [-0.25, -0.2) is 0 Å². The molecule has 1 saturated heterocycles. The first-order chi connectivity index (χ1) is 14.2. The van der Waals surface area contributed by atoms with Gasteiger partial charge in [0.05, 0.1) is 6.54 Å². The Bertz CT molecular complexity index is 854. The van der Waals surface area contributed by atoms with Crippen molar-refractivity contribution in [2.75, 3.05) is 56.5 Å². The molecule has 2 aliphatic heterocycles. The molecule has 0 saturated carbocycles. The molecule has 3 N–H and O–H groups in total. The van der Waals surface area contributed by atoms with E-state index >= 15 is 0 Å². The largest absolute Gasteiger partial charge is 0.369 e. The van der Waals surface area contributed by atoms with Crippen LogP contribution in [0.3, 0.4) is 0 Å². The summed E-state index contributed by atoms with van der Waals surface area (Å²) in [5.41, 5.74) is 3.90. The summed E-state index contributed by atoms with van der Waals surface area (Å²) in [5.74, 6) is 0.757. The zero-order chi connectivity index (χ0) is 20.1. The molecule has 2 aromatic rings. The van der Waals surface area contributed by atoms with Gasteiger partial charge in [-0.15, -0.1) is 0 Å². The minimum absolute atomic E-state index is 0.0540. The van der Waals surface area contributed by atoms with Gasteiger partial charge in [0.25, 0.3) is 5.91 Å². The van der Waals surface area contributed by atoms with Gasteiger partial charge >= 0.3 is 0 Å². The van der Waals surface area contributed by atoms with Crippen LogP contribution in [0, 0.1) is 0 Å². The average Bonchev–Trinajstić information content (AvgIpc) is 3.27. The molecule has 0 bridgehead atoms. The lowest BCUT2D eigenvalue weighted by molar-refractivity contribution is 0.0951. The number of anilines is 2. The highest BCUT2D eigenvalue weighted by Crippen LogP contribution is 2.17. The predicted molar refractivity (Wildman–Crippen MR) is 118 cm³/mol. The van der Waals surface area contributed by atoms with Crippen molar-refractivity contribution in [1.29, 1.82) is 0 Å². The van der Waals surface area contributed by atoms with E-state index in [1.54, 1.807) is 0 Å². The van der Waals surface area contributed by atoms with Gasteiger partial charge in [-0.05, 0) is 49.0 Å². The maximum Gasteiger partial charge on any atom is 0.251 e. The third-order valence-corrected chi connectivity index (χ3v) is 5.34. The lowest BCUT2D eigenvalue weighted by Gasteiger charge is -2.34. The van der Waals surface area contributed by atoms with E-state index in [1.165, 1.54) is 5.69 Å². The second-order valence-corrected chi connectivity index (χ2v) is 7.50. The Morgan fingerprint density at radius 2 is 1.76 bits per heavy atom. The summed E-state index contributed by atoms with van der Waals surface area (Å²) >= 11 is 0. The monoisotopic (exact) mass is 392 g/mol. The van der Waals surface area contributed by atoms with Gasteiger partial charge in [0.2, 0.25) is 0 Å². The number of hydrogen-bond acceptors (Lipinski definition) is 6. The SMILES string of the molecule is CN1CCN(c2ccc(C(=O)NCc3ccc(NC4=NCCN4)cc3)cc2)CC1. The van der Waals surface area contributed by atoms with Crippen LogP contribution in [-0.4, -0.2) is 63.1 Å². The normalized spacial score (nSPS) is 16.9. The number of guanidine groups is 1. The van der Waals surface area contributed by atoms with E-state index in [-0.39, 0.29) is 5.91 Å². The number of likely N-dealkylation sites (N-methyl/N-ethyl adjacent to an activating group) is 1. The van der Waals surface area contributed by atoms with Gasteiger partial charge in [0.1, 0.15) is 0 Å². The molecule has 1 amide bonds.